The second-order valence-electron chi connectivity index (χ2n) is 6.36. The molecule has 6 nitrogen and oxygen atoms in total. The van der Waals surface area contributed by atoms with E-state index in [1.807, 2.05) is 7.05 Å². The first-order valence-corrected chi connectivity index (χ1v) is 7.83. The van der Waals surface area contributed by atoms with Crippen LogP contribution in [-0.4, -0.2) is 51.4 Å². The zero-order valence-corrected chi connectivity index (χ0v) is 12.6. The molecule has 1 aliphatic heterocycles. The lowest BCUT2D eigenvalue weighted by atomic mass is 10.1. The van der Waals surface area contributed by atoms with Crippen molar-refractivity contribution in [2.75, 3.05) is 19.6 Å². The molecule has 3 rings (SSSR count). The number of rotatable bonds is 7. The van der Waals surface area contributed by atoms with Gasteiger partial charge in [-0.25, -0.2) is 4.79 Å². The van der Waals surface area contributed by atoms with Crippen molar-refractivity contribution < 1.29 is 9.90 Å². The third kappa shape index (κ3) is 3.63. The summed E-state index contributed by atoms with van der Waals surface area (Å²) >= 11 is 0. The van der Waals surface area contributed by atoms with E-state index in [-0.39, 0.29) is 0 Å². The Morgan fingerprint density at radius 2 is 2.29 bits per heavy atom. The van der Waals surface area contributed by atoms with E-state index >= 15 is 0 Å². The number of aryl methyl sites for hydroxylation is 1. The molecule has 1 saturated heterocycles. The van der Waals surface area contributed by atoms with Crippen LogP contribution in [0.25, 0.3) is 0 Å². The molecule has 1 saturated carbocycles. The molecule has 1 atom stereocenters. The highest BCUT2D eigenvalue weighted by molar-refractivity contribution is 5.88. The fourth-order valence-corrected chi connectivity index (χ4v) is 3.13. The second-order valence-corrected chi connectivity index (χ2v) is 6.36. The van der Waals surface area contributed by atoms with Crippen LogP contribution < -0.4 is 5.32 Å². The summed E-state index contributed by atoms with van der Waals surface area (Å²) in [7, 11) is 1.82. The van der Waals surface area contributed by atoms with Gasteiger partial charge in [-0.1, -0.05) is 0 Å². The Bertz CT molecular complexity index is 504. The van der Waals surface area contributed by atoms with E-state index < -0.39 is 5.97 Å². The first-order chi connectivity index (χ1) is 10.1. The molecule has 1 aromatic rings. The summed E-state index contributed by atoms with van der Waals surface area (Å²) in [5, 5.41) is 16.9. The van der Waals surface area contributed by atoms with Crippen molar-refractivity contribution in [1.29, 1.82) is 0 Å². The molecule has 21 heavy (non-hydrogen) atoms. The molecule has 2 N–H and O–H groups in total. The smallest absolute Gasteiger partial charge is 0.339 e. The minimum Gasteiger partial charge on any atom is -0.478 e. The first-order valence-electron chi connectivity index (χ1n) is 7.83. The third-order valence-corrected chi connectivity index (χ3v) is 4.52. The lowest BCUT2D eigenvalue weighted by molar-refractivity contribution is 0.0694. The molecule has 0 spiro atoms. The normalized spacial score (nSPS) is 22.1. The van der Waals surface area contributed by atoms with Crippen LogP contribution in [0.3, 0.4) is 0 Å². The SMILES string of the molecule is Cn1ncc(C(=O)O)c1CN(CC1CC1)CC1CCCN1. The molecule has 2 heterocycles. The average molecular weight is 292 g/mol. The summed E-state index contributed by atoms with van der Waals surface area (Å²) in [5.41, 5.74) is 1.14. The van der Waals surface area contributed by atoms with Crippen LogP contribution in [0, 0.1) is 5.92 Å². The summed E-state index contributed by atoms with van der Waals surface area (Å²) in [6, 6.07) is 0.547. The highest BCUT2D eigenvalue weighted by Gasteiger charge is 2.28. The maximum atomic E-state index is 11.3. The Kier molecular flexibility index (Phi) is 4.26. The molecule has 2 aliphatic rings. The molecule has 2 fully saturated rings. The molecular weight excluding hydrogens is 268 g/mol. The Hall–Kier alpha value is -1.40. The van der Waals surface area contributed by atoms with Gasteiger partial charge in [0.05, 0.1) is 11.9 Å². The first kappa shape index (κ1) is 14.5. The van der Waals surface area contributed by atoms with Gasteiger partial charge < -0.3 is 10.4 Å². The highest BCUT2D eigenvalue weighted by Crippen LogP contribution is 2.30. The fourth-order valence-electron chi connectivity index (χ4n) is 3.13. The quantitative estimate of drug-likeness (QED) is 0.787. The Morgan fingerprint density at radius 3 is 2.90 bits per heavy atom. The Labute approximate surface area is 125 Å². The van der Waals surface area contributed by atoms with Gasteiger partial charge in [-0.2, -0.15) is 5.10 Å². The van der Waals surface area contributed by atoms with E-state index in [1.54, 1.807) is 4.68 Å². The Balaban J connectivity index is 1.70. The van der Waals surface area contributed by atoms with Crippen molar-refractivity contribution in [2.45, 2.75) is 38.3 Å². The van der Waals surface area contributed by atoms with Crippen molar-refractivity contribution >= 4 is 5.97 Å². The topological polar surface area (TPSA) is 70.4 Å². The highest BCUT2D eigenvalue weighted by atomic mass is 16.4. The summed E-state index contributed by atoms with van der Waals surface area (Å²) in [5.74, 6) is -0.0867. The van der Waals surface area contributed by atoms with E-state index in [2.05, 4.69) is 15.3 Å². The van der Waals surface area contributed by atoms with Crippen molar-refractivity contribution in [3.63, 3.8) is 0 Å². The van der Waals surface area contributed by atoms with E-state index in [0.717, 1.165) is 31.2 Å². The number of carboxylic acids is 1. The van der Waals surface area contributed by atoms with Gasteiger partial charge in [0, 0.05) is 32.7 Å². The van der Waals surface area contributed by atoms with Gasteiger partial charge in [-0.3, -0.25) is 9.58 Å². The number of nitrogens with zero attached hydrogens (tertiary/aromatic N) is 3. The number of hydrogen-bond donors (Lipinski definition) is 2. The minimum atomic E-state index is -0.886. The van der Waals surface area contributed by atoms with Crippen molar-refractivity contribution in [3.8, 4) is 0 Å². The minimum absolute atomic E-state index is 0.331. The van der Waals surface area contributed by atoms with Gasteiger partial charge in [-0.05, 0) is 38.1 Å². The zero-order chi connectivity index (χ0) is 14.8. The molecule has 116 valence electrons. The average Bonchev–Trinajstić information content (AvgIpc) is 2.95. The summed E-state index contributed by atoms with van der Waals surface area (Å²) in [4.78, 5) is 13.7. The lowest BCUT2D eigenvalue weighted by Crippen LogP contribution is -2.38. The molecule has 1 aliphatic carbocycles. The van der Waals surface area contributed by atoms with E-state index in [9.17, 15) is 9.90 Å². The molecule has 0 aromatic carbocycles. The number of hydrogen-bond acceptors (Lipinski definition) is 4. The maximum absolute atomic E-state index is 11.3. The molecule has 0 amide bonds. The van der Waals surface area contributed by atoms with Gasteiger partial charge in [0.2, 0.25) is 0 Å². The van der Waals surface area contributed by atoms with Crippen LogP contribution in [0.4, 0.5) is 0 Å². The zero-order valence-electron chi connectivity index (χ0n) is 12.6. The van der Waals surface area contributed by atoms with Crippen LogP contribution in [0.1, 0.15) is 41.7 Å². The van der Waals surface area contributed by atoms with Crippen LogP contribution >= 0.6 is 0 Å². The third-order valence-electron chi connectivity index (χ3n) is 4.52. The van der Waals surface area contributed by atoms with Crippen molar-refractivity contribution in [2.24, 2.45) is 13.0 Å². The van der Waals surface area contributed by atoms with E-state index in [4.69, 9.17) is 0 Å². The maximum Gasteiger partial charge on any atom is 0.339 e. The molecule has 0 radical (unpaired) electrons. The van der Waals surface area contributed by atoms with Gasteiger partial charge in [-0.15, -0.1) is 0 Å². The predicted molar refractivity (Wildman–Crippen MR) is 79.2 cm³/mol. The number of carbonyl (C=O) groups is 1. The second kappa shape index (κ2) is 6.15. The van der Waals surface area contributed by atoms with Crippen LogP contribution in [0.5, 0.6) is 0 Å². The number of nitrogens with one attached hydrogen (secondary N) is 1. The molecular formula is C15H24N4O2. The van der Waals surface area contributed by atoms with E-state index in [0.29, 0.717) is 18.2 Å². The lowest BCUT2D eigenvalue weighted by Gasteiger charge is -2.26. The van der Waals surface area contributed by atoms with Gasteiger partial charge in [0.25, 0.3) is 0 Å². The van der Waals surface area contributed by atoms with Crippen LogP contribution in [0.15, 0.2) is 6.20 Å². The molecule has 6 heteroatoms. The summed E-state index contributed by atoms with van der Waals surface area (Å²) in [6.45, 7) is 3.85. The molecule has 1 unspecified atom stereocenters. The van der Waals surface area contributed by atoms with Crippen molar-refractivity contribution in [1.82, 2.24) is 20.0 Å². The standard InChI is InChI=1S/C15H24N4O2/c1-18-14(13(7-17-18)15(20)21)10-19(8-11-4-5-11)9-12-3-2-6-16-12/h7,11-12,16H,2-6,8-10H2,1H3,(H,20,21). The van der Waals surface area contributed by atoms with E-state index in [1.165, 1.54) is 31.9 Å². The number of aromatic nitrogens is 2. The van der Waals surface area contributed by atoms with Crippen LogP contribution in [0.2, 0.25) is 0 Å². The molecule has 1 aromatic heterocycles. The Morgan fingerprint density at radius 1 is 1.48 bits per heavy atom. The number of aromatic carboxylic acids is 1. The fraction of sp³-hybridized carbons (Fsp3) is 0.733. The van der Waals surface area contributed by atoms with Crippen molar-refractivity contribution in [3.05, 3.63) is 17.5 Å². The van der Waals surface area contributed by atoms with Gasteiger partial charge in [0.15, 0.2) is 0 Å². The predicted octanol–water partition coefficient (Wildman–Crippen LogP) is 1.08. The van der Waals surface area contributed by atoms with Gasteiger partial charge in [0.1, 0.15) is 5.56 Å². The molecule has 0 bridgehead atoms. The largest absolute Gasteiger partial charge is 0.478 e. The summed E-state index contributed by atoms with van der Waals surface area (Å²) in [6.07, 6.45) is 6.55. The van der Waals surface area contributed by atoms with Gasteiger partial charge >= 0.3 is 5.97 Å². The van der Waals surface area contributed by atoms with Crippen LogP contribution in [-0.2, 0) is 13.6 Å². The number of carboxylic acid groups (broad SMARTS) is 1. The monoisotopic (exact) mass is 292 g/mol. The summed E-state index contributed by atoms with van der Waals surface area (Å²) < 4.78 is 1.70.